The molecule has 1 atom stereocenters. The summed E-state index contributed by atoms with van der Waals surface area (Å²) in [6, 6.07) is 9.81. The van der Waals surface area contributed by atoms with Gasteiger partial charge in [-0.1, -0.05) is 30.3 Å². The number of hydrogen-bond acceptors (Lipinski definition) is 2. The Bertz CT molecular complexity index is 360. The van der Waals surface area contributed by atoms with Crippen molar-refractivity contribution in [2.24, 2.45) is 0 Å². The Kier molecular flexibility index (Phi) is 4.70. The lowest BCUT2D eigenvalue weighted by atomic mass is 9.83. The van der Waals surface area contributed by atoms with Crippen LogP contribution in [0.5, 0.6) is 0 Å². The van der Waals surface area contributed by atoms with Crippen LogP contribution in [0, 0.1) is 0 Å². The largest absolute Gasteiger partial charge is 0.383 e. The molecule has 0 aromatic heterocycles. The second-order valence-electron chi connectivity index (χ2n) is 4.82. The summed E-state index contributed by atoms with van der Waals surface area (Å²) < 4.78 is 5.01. The van der Waals surface area contributed by atoms with Gasteiger partial charge in [0.15, 0.2) is 0 Å². The van der Waals surface area contributed by atoms with Crippen molar-refractivity contribution < 1.29 is 9.53 Å². The lowest BCUT2D eigenvalue weighted by Gasteiger charge is -2.26. The number of amides is 1. The number of carbonyl (C=O) groups excluding carboxylic acids is 1. The second-order valence-corrected chi connectivity index (χ2v) is 4.82. The lowest BCUT2D eigenvalue weighted by molar-refractivity contribution is -0.126. The molecular formula is C14H21NO2. The molecule has 0 saturated carbocycles. The van der Waals surface area contributed by atoms with Gasteiger partial charge >= 0.3 is 0 Å². The first-order valence-corrected chi connectivity index (χ1v) is 5.84. The minimum absolute atomic E-state index is 0.0215. The van der Waals surface area contributed by atoms with Gasteiger partial charge in [-0.05, 0) is 26.3 Å². The third-order valence-electron chi connectivity index (χ3n) is 2.86. The van der Waals surface area contributed by atoms with Crippen LogP contribution in [0.15, 0.2) is 30.3 Å². The number of ether oxygens (including phenoxy) is 1. The zero-order valence-electron chi connectivity index (χ0n) is 11.0. The van der Waals surface area contributed by atoms with Gasteiger partial charge in [-0.2, -0.15) is 0 Å². The van der Waals surface area contributed by atoms with E-state index in [1.54, 1.807) is 7.11 Å². The Balaban J connectivity index is 2.74. The summed E-state index contributed by atoms with van der Waals surface area (Å²) in [5.74, 6) is 0.0215. The van der Waals surface area contributed by atoms with Crippen molar-refractivity contribution in [3.05, 3.63) is 35.9 Å². The molecule has 0 unspecified atom stereocenters. The molecule has 17 heavy (non-hydrogen) atoms. The number of benzene rings is 1. The SMILES string of the molecule is COC[C@@H](C)NC(=O)C(C)(C)c1ccccc1. The molecule has 0 heterocycles. The molecule has 0 aliphatic carbocycles. The van der Waals surface area contributed by atoms with E-state index in [4.69, 9.17) is 4.74 Å². The first kappa shape index (κ1) is 13.7. The normalized spacial score (nSPS) is 13.2. The fraction of sp³-hybridized carbons (Fsp3) is 0.500. The van der Waals surface area contributed by atoms with Crippen LogP contribution >= 0.6 is 0 Å². The molecule has 1 rings (SSSR count). The zero-order valence-corrected chi connectivity index (χ0v) is 11.0. The maximum absolute atomic E-state index is 12.2. The summed E-state index contributed by atoms with van der Waals surface area (Å²) in [5.41, 5.74) is 0.491. The molecule has 0 radical (unpaired) electrons. The third-order valence-corrected chi connectivity index (χ3v) is 2.86. The van der Waals surface area contributed by atoms with E-state index in [2.05, 4.69) is 5.32 Å². The van der Waals surface area contributed by atoms with Gasteiger partial charge in [0.05, 0.1) is 12.0 Å². The summed E-state index contributed by atoms with van der Waals surface area (Å²) >= 11 is 0. The van der Waals surface area contributed by atoms with Gasteiger partial charge < -0.3 is 10.1 Å². The fourth-order valence-electron chi connectivity index (χ4n) is 1.68. The highest BCUT2D eigenvalue weighted by molar-refractivity contribution is 5.87. The van der Waals surface area contributed by atoms with Gasteiger partial charge in [0.25, 0.3) is 0 Å². The summed E-state index contributed by atoms with van der Waals surface area (Å²) in [6.07, 6.45) is 0. The van der Waals surface area contributed by atoms with Crippen molar-refractivity contribution in [1.82, 2.24) is 5.32 Å². The molecule has 0 saturated heterocycles. The van der Waals surface area contributed by atoms with Crippen molar-refractivity contribution in [2.45, 2.75) is 32.2 Å². The van der Waals surface area contributed by atoms with Crippen LogP contribution in [-0.2, 0) is 14.9 Å². The summed E-state index contributed by atoms with van der Waals surface area (Å²) in [7, 11) is 1.63. The van der Waals surface area contributed by atoms with E-state index in [1.807, 2.05) is 51.1 Å². The molecule has 0 spiro atoms. The second kappa shape index (κ2) is 5.82. The Morgan fingerprint density at radius 1 is 1.35 bits per heavy atom. The van der Waals surface area contributed by atoms with Crippen molar-refractivity contribution in [3.63, 3.8) is 0 Å². The number of carbonyl (C=O) groups is 1. The van der Waals surface area contributed by atoms with Crippen LogP contribution in [0.4, 0.5) is 0 Å². The Morgan fingerprint density at radius 2 is 1.94 bits per heavy atom. The highest BCUT2D eigenvalue weighted by Crippen LogP contribution is 2.23. The van der Waals surface area contributed by atoms with E-state index in [0.29, 0.717) is 6.61 Å². The van der Waals surface area contributed by atoms with Gasteiger partial charge in [-0.3, -0.25) is 4.79 Å². The molecule has 0 aliphatic heterocycles. The van der Waals surface area contributed by atoms with E-state index in [-0.39, 0.29) is 11.9 Å². The fourth-order valence-corrected chi connectivity index (χ4v) is 1.68. The van der Waals surface area contributed by atoms with Gasteiger partial charge in [-0.25, -0.2) is 0 Å². The Hall–Kier alpha value is -1.35. The van der Waals surface area contributed by atoms with Crippen LogP contribution in [-0.4, -0.2) is 25.7 Å². The third kappa shape index (κ3) is 3.56. The van der Waals surface area contributed by atoms with Crippen molar-refractivity contribution in [3.8, 4) is 0 Å². The van der Waals surface area contributed by atoms with Crippen molar-refractivity contribution in [2.75, 3.05) is 13.7 Å². The topological polar surface area (TPSA) is 38.3 Å². The minimum atomic E-state index is -0.525. The molecule has 0 fully saturated rings. The van der Waals surface area contributed by atoms with E-state index < -0.39 is 5.41 Å². The minimum Gasteiger partial charge on any atom is -0.383 e. The molecule has 3 nitrogen and oxygen atoms in total. The van der Waals surface area contributed by atoms with Crippen LogP contribution < -0.4 is 5.32 Å². The number of rotatable bonds is 5. The first-order valence-electron chi connectivity index (χ1n) is 5.84. The average Bonchev–Trinajstić information content (AvgIpc) is 2.30. The predicted octanol–water partition coefficient (Wildman–Crippen LogP) is 2.12. The average molecular weight is 235 g/mol. The van der Waals surface area contributed by atoms with Gasteiger partial charge in [0.1, 0.15) is 0 Å². The van der Waals surface area contributed by atoms with E-state index in [0.717, 1.165) is 5.56 Å². The molecule has 1 amide bonds. The number of nitrogens with one attached hydrogen (secondary N) is 1. The lowest BCUT2D eigenvalue weighted by Crippen LogP contribution is -2.45. The van der Waals surface area contributed by atoms with Gasteiger partial charge in [0, 0.05) is 13.2 Å². The van der Waals surface area contributed by atoms with Gasteiger partial charge in [-0.15, -0.1) is 0 Å². The van der Waals surface area contributed by atoms with Crippen molar-refractivity contribution >= 4 is 5.91 Å². The summed E-state index contributed by atoms with van der Waals surface area (Å²) in [4.78, 5) is 12.2. The Morgan fingerprint density at radius 3 is 2.47 bits per heavy atom. The molecule has 1 N–H and O–H groups in total. The van der Waals surface area contributed by atoms with E-state index in [1.165, 1.54) is 0 Å². The molecule has 94 valence electrons. The highest BCUT2D eigenvalue weighted by atomic mass is 16.5. The Labute approximate surface area is 103 Å². The van der Waals surface area contributed by atoms with Crippen LogP contribution in [0.1, 0.15) is 26.3 Å². The molecular weight excluding hydrogens is 214 g/mol. The number of hydrogen-bond donors (Lipinski definition) is 1. The smallest absolute Gasteiger partial charge is 0.230 e. The maximum Gasteiger partial charge on any atom is 0.230 e. The standard InChI is InChI=1S/C14H21NO2/c1-11(10-17-4)15-13(16)14(2,3)12-8-6-5-7-9-12/h5-9,11H,10H2,1-4H3,(H,15,16)/t11-/m1/s1. The molecule has 1 aromatic carbocycles. The monoisotopic (exact) mass is 235 g/mol. The quantitative estimate of drug-likeness (QED) is 0.849. The first-order chi connectivity index (χ1) is 7.98. The van der Waals surface area contributed by atoms with E-state index in [9.17, 15) is 4.79 Å². The highest BCUT2D eigenvalue weighted by Gasteiger charge is 2.30. The summed E-state index contributed by atoms with van der Waals surface area (Å²) in [5, 5.41) is 2.96. The molecule has 0 aliphatic rings. The molecule has 3 heteroatoms. The summed E-state index contributed by atoms with van der Waals surface area (Å²) in [6.45, 7) is 6.31. The van der Waals surface area contributed by atoms with Gasteiger partial charge in [0.2, 0.25) is 5.91 Å². The predicted molar refractivity (Wildman–Crippen MR) is 68.9 cm³/mol. The van der Waals surface area contributed by atoms with Crippen LogP contribution in [0.3, 0.4) is 0 Å². The molecule has 0 bridgehead atoms. The van der Waals surface area contributed by atoms with Crippen molar-refractivity contribution in [1.29, 1.82) is 0 Å². The molecule has 1 aromatic rings. The van der Waals surface area contributed by atoms with Crippen LogP contribution in [0.2, 0.25) is 0 Å². The zero-order chi connectivity index (χ0) is 12.9. The van der Waals surface area contributed by atoms with Crippen LogP contribution in [0.25, 0.3) is 0 Å². The number of methoxy groups -OCH3 is 1. The van der Waals surface area contributed by atoms with E-state index >= 15 is 0 Å². The maximum atomic E-state index is 12.2.